The average Bonchev–Trinajstić information content (AvgIpc) is 2.74. The Morgan fingerprint density at radius 2 is 2.06 bits per heavy atom. The van der Waals surface area contributed by atoms with Crippen molar-refractivity contribution in [3.63, 3.8) is 0 Å². The van der Waals surface area contributed by atoms with Gasteiger partial charge >= 0.3 is 0 Å². The average molecular weight is 238 g/mol. The maximum atomic E-state index is 3.75. The molecule has 4 atom stereocenters. The molecule has 0 aromatic carbocycles. The zero-order valence-corrected chi connectivity index (χ0v) is 12.1. The van der Waals surface area contributed by atoms with Crippen LogP contribution in [0.3, 0.4) is 0 Å². The van der Waals surface area contributed by atoms with E-state index in [1.165, 1.54) is 38.8 Å². The minimum Gasteiger partial charge on any atom is -0.311 e. The van der Waals surface area contributed by atoms with E-state index in [1.807, 2.05) is 0 Å². The van der Waals surface area contributed by atoms with Crippen molar-refractivity contribution in [3.05, 3.63) is 0 Å². The SMILES string of the molecule is CCC1CNC(C(C)C)CN1C1CCCC1C. The minimum atomic E-state index is 0.700. The third-order valence-electron chi connectivity index (χ3n) is 5.01. The maximum absolute atomic E-state index is 3.75. The van der Waals surface area contributed by atoms with Gasteiger partial charge in [0.25, 0.3) is 0 Å². The van der Waals surface area contributed by atoms with Gasteiger partial charge in [-0.2, -0.15) is 0 Å². The number of piperazine rings is 1. The van der Waals surface area contributed by atoms with Crippen LogP contribution in [0.15, 0.2) is 0 Å². The van der Waals surface area contributed by atoms with Gasteiger partial charge in [-0.1, -0.05) is 34.1 Å². The largest absolute Gasteiger partial charge is 0.311 e. The fourth-order valence-electron chi connectivity index (χ4n) is 3.70. The van der Waals surface area contributed by atoms with Gasteiger partial charge in [0, 0.05) is 31.2 Å². The van der Waals surface area contributed by atoms with Crippen LogP contribution in [0, 0.1) is 11.8 Å². The molecule has 2 fully saturated rings. The second-order valence-electron chi connectivity index (χ2n) is 6.49. The summed E-state index contributed by atoms with van der Waals surface area (Å²) in [7, 11) is 0. The highest BCUT2D eigenvalue weighted by molar-refractivity contribution is 4.93. The first-order valence-corrected chi connectivity index (χ1v) is 7.62. The molecule has 17 heavy (non-hydrogen) atoms. The van der Waals surface area contributed by atoms with Crippen LogP contribution in [0.4, 0.5) is 0 Å². The fourth-order valence-corrected chi connectivity index (χ4v) is 3.70. The van der Waals surface area contributed by atoms with Crippen LogP contribution in [0.1, 0.15) is 53.4 Å². The number of hydrogen-bond donors (Lipinski definition) is 1. The molecule has 0 aromatic heterocycles. The first-order valence-electron chi connectivity index (χ1n) is 7.62. The molecular formula is C15H30N2. The van der Waals surface area contributed by atoms with Crippen LogP contribution in [0.2, 0.25) is 0 Å². The summed E-state index contributed by atoms with van der Waals surface area (Å²) in [6, 6.07) is 2.34. The van der Waals surface area contributed by atoms with E-state index in [0.29, 0.717) is 6.04 Å². The van der Waals surface area contributed by atoms with Gasteiger partial charge in [0.2, 0.25) is 0 Å². The summed E-state index contributed by atoms with van der Waals surface area (Å²) in [5.41, 5.74) is 0. The van der Waals surface area contributed by atoms with Crippen molar-refractivity contribution in [3.8, 4) is 0 Å². The maximum Gasteiger partial charge on any atom is 0.0221 e. The molecular weight excluding hydrogens is 208 g/mol. The standard InChI is InChI=1S/C15H30N2/c1-5-13-9-16-14(11(2)3)10-17(13)15-8-6-7-12(15)4/h11-16H,5-10H2,1-4H3. The molecule has 1 aliphatic carbocycles. The fraction of sp³-hybridized carbons (Fsp3) is 1.00. The van der Waals surface area contributed by atoms with E-state index in [1.54, 1.807) is 0 Å². The van der Waals surface area contributed by atoms with E-state index >= 15 is 0 Å². The molecule has 2 aliphatic rings. The molecule has 2 rings (SSSR count). The Bertz CT molecular complexity index is 239. The van der Waals surface area contributed by atoms with E-state index in [0.717, 1.165) is 23.9 Å². The predicted molar refractivity (Wildman–Crippen MR) is 74.2 cm³/mol. The summed E-state index contributed by atoms with van der Waals surface area (Å²) >= 11 is 0. The molecule has 0 radical (unpaired) electrons. The van der Waals surface area contributed by atoms with E-state index in [2.05, 4.69) is 37.9 Å². The summed E-state index contributed by atoms with van der Waals surface area (Å²) in [5.74, 6) is 1.67. The van der Waals surface area contributed by atoms with Crippen molar-refractivity contribution in [1.82, 2.24) is 10.2 Å². The third-order valence-corrected chi connectivity index (χ3v) is 5.01. The highest BCUT2D eigenvalue weighted by Gasteiger charge is 2.36. The molecule has 2 heteroatoms. The van der Waals surface area contributed by atoms with E-state index < -0.39 is 0 Å². The molecule has 0 spiro atoms. The zero-order chi connectivity index (χ0) is 12.4. The van der Waals surface area contributed by atoms with Crippen molar-refractivity contribution in [1.29, 1.82) is 0 Å². The van der Waals surface area contributed by atoms with Crippen molar-refractivity contribution in [2.75, 3.05) is 13.1 Å². The summed E-state index contributed by atoms with van der Waals surface area (Å²) in [6.07, 6.45) is 5.61. The Labute approximate surface area is 107 Å². The number of nitrogens with one attached hydrogen (secondary N) is 1. The first kappa shape index (κ1) is 13.4. The quantitative estimate of drug-likeness (QED) is 0.813. The first-order chi connectivity index (χ1) is 8.13. The van der Waals surface area contributed by atoms with Crippen molar-refractivity contribution in [2.45, 2.75) is 71.5 Å². The van der Waals surface area contributed by atoms with E-state index in [-0.39, 0.29) is 0 Å². The molecule has 1 aliphatic heterocycles. The molecule has 100 valence electrons. The monoisotopic (exact) mass is 238 g/mol. The molecule has 0 bridgehead atoms. The Hall–Kier alpha value is -0.0800. The Morgan fingerprint density at radius 3 is 2.59 bits per heavy atom. The number of nitrogens with zero attached hydrogens (tertiary/aromatic N) is 1. The van der Waals surface area contributed by atoms with Gasteiger partial charge in [0.05, 0.1) is 0 Å². The molecule has 1 saturated carbocycles. The van der Waals surface area contributed by atoms with Crippen molar-refractivity contribution < 1.29 is 0 Å². The highest BCUT2D eigenvalue weighted by Crippen LogP contribution is 2.32. The van der Waals surface area contributed by atoms with Gasteiger partial charge in [0.15, 0.2) is 0 Å². The summed E-state index contributed by atoms with van der Waals surface area (Å²) in [6.45, 7) is 12.0. The lowest BCUT2D eigenvalue weighted by molar-refractivity contribution is 0.0530. The Kier molecular flexibility index (Phi) is 4.48. The van der Waals surface area contributed by atoms with Crippen LogP contribution < -0.4 is 5.32 Å². The molecule has 1 N–H and O–H groups in total. The van der Waals surface area contributed by atoms with Gasteiger partial charge in [-0.25, -0.2) is 0 Å². The van der Waals surface area contributed by atoms with Gasteiger partial charge in [-0.3, -0.25) is 4.90 Å². The van der Waals surface area contributed by atoms with Crippen LogP contribution in [-0.4, -0.2) is 36.1 Å². The van der Waals surface area contributed by atoms with Gasteiger partial charge in [-0.15, -0.1) is 0 Å². The highest BCUT2D eigenvalue weighted by atomic mass is 15.3. The van der Waals surface area contributed by atoms with Crippen LogP contribution in [0.5, 0.6) is 0 Å². The Morgan fingerprint density at radius 1 is 1.29 bits per heavy atom. The van der Waals surface area contributed by atoms with Gasteiger partial charge in [0.1, 0.15) is 0 Å². The zero-order valence-electron chi connectivity index (χ0n) is 12.1. The van der Waals surface area contributed by atoms with Crippen LogP contribution in [0.25, 0.3) is 0 Å². The van der Waals surface area contributed by atoms with E-state index in [9.17, 15) is 0 Å². The van der Waals surface area contributed by atoms with Crippen molar-refractivity contribution >= 4 is 0 Å². The van der Waals surface area contributed by atoms with Crippen molar-refractivity contribution in [2.24, 2.45) is 11.8 Å². The molecule has 1 saturated heterocycles. The molecule has 0 aromatic rings. The second-order valence-corrected chi connectivity index (χ2v) is 6.49. The molecule has 1 heterocycles. The minimum absolute atomic E-state index is 0.700. The normalized spacial score (nSPS) is 40.1. The lowest BCUT2D eigenvalue weighted by Gasteiger charge is -2.46. The van der Waals surface area contributed by atoms with Gasteiger partial charge in [-0.05, 0) is 31.1 Å². The lowest BCUT2D eigenvalue weighted by atomic mass is 9.94. The number of hydrogen-bond acceptors (Lipinski definition) is 2. The molecule has 4 unspecified atom stereocenters. The molecule has 2 nitrogen and oxygen atoms in total. The third kappa shape index (κ3) is 2.85. The lowest BCUT2D eigenvalue weighted by Crippen LogP contribution is -2.61. The van der Waals surface area contributed by atoms with Crippen LogP contribution >= 0.6 is 0 Å². The summed E-state index contributed by atoms with van der Waals surface area (Å²) in [4.78, 5) is 2.85. The van der Waals surface area contributed by atoms with Crippen LogP contribution in [-0.2, 0) is 0 Å². The topological polar surface area (TPSA) is 15.3 Å². The smallest absolute Gasteiger partial charge is 0.0221 e. The Balaban J connectivity index is 2.04. The predicted octanol–water partition coefficient (Wildman–Crippen LogP) is 2.88. The summed E-state index contributed by atoms with van der Waals surface area (Å²) < 4.78 is 0. The molecule has 0 amide bonds. The second kappa shape index (κ2) is 5.71. The number of rotatable bonds is 3. The van der Waals surface area contributed by atoms with E-state index in [4.69, 9.17) is 0 Å². The van der Waals surface area contributed by atoms with Gasteiger partial charge < -0.3 is 5.32 Å². The summed E-state index contributed by atoms with van der Waals surface area (Å²) in [5, 5.41) is 3.75.